The van der Waals surface area contributed by atoms with Crippen molar-refractivity contribution >= 4 is 5.97 Å². The second kappa shape index (κ2) is 15.5. The van der Waals surface area contributed by atoms with Crippen molar-refractivity contribution in [2.24, 2.45) is 0 Å². The largest absolute Gasteiger partial charge is 0.481 e. The van der Waals surface area contributed by atoms with Crippen molar-refractivity contribution < 1.29 is 14.6 Å². The van der Waals surface area contributed by atoms with E-state index in [1.807, 2.05) is 0 Å². The van der Waals surface area contributed by atoms with Crippen LogP contribution in [0.4, 0.5) is 0 Å². The summed E-state index contributed by atoms with van der Waals surface area (Å²) in [5.41, 5.74) is 0. The summed E-state index contributed by atoms with van der Waals surface area (Å²) in [4.78, 5) is 10.2. The molecule has 3 nitrogen and oxygen atoms in total. The van der Waals surface area contributed by atoms with Gasteiger partial charge in [-0.25, -0.2) is 0 Å². The topological polar surface area (TPSA) is 46.5 Å². The second-order valence-electron chi connectivity index (χ2n) is 5.29. The molecule has 1 fully saturated rings. The van der Waals surface area contributed by atoms with Crippen LogP contribution >= 0.6 is 0 Å². The monoisotopic (exact) mass is 272 g/mol. The van der Waals surface area contributed by atoms with Crippen LogP contribution in [-0.4, -0.2) is 24.3 Å². The summed E-state index contributed by atoms with van der Waals surface area (Å²) >= 11 is 0. The van der Waals surface area contributed by atoms with E-state index < -0.39 is 5.97 Å². The van der Waals surface area contributed by atoms with Gasteiger partial charge in [-0.3, -0.25) is 4.79 Å². The van der Waals surface area contributed by atoms with E-state index >= 15 is 0 Å². The lowest BCUT2D eigenvalue weighted by Crippen LogP contribution is -1.93. The SMILES string of the molecule is C1CCOC1.CCCCCCCCCCCC(=O)O. The van der Waals surface area contributed by atoms with Crippen LogP contribution in [0.3, 0.4) is 0 Å². The third kappa shape index (κ3) is 17.4. The molecular formula is C16H32O3. The van der Waals surface area contributed by atoms with E-state index in [1.165, 1.54) is 57.8 Å². The predicted octanol–water partition coefficient (Wildman–Crippen LogP) is 4.79. The molecule has 0 atom stereocenters. The summed E-state index contributed by atoms with van der Waals surface area (Å²) in [6.07, 6.45) is 14.0. The number of carbonyl (C=O) groups is 1. The average molecular weight is 272 g/mol. The fraction of sp³-hybridized carbons (Fsp3) is 0.938. The van der Waals surface area contributed by atoms with Gasteiger partial charge in [-0.1, -0.05) is 58.3 Å². The van der Waals surface area contributed by atoms with E-state index in [9.17, 15) is 4.79 Å². The first-order chi connectivity index (χ1) is 9.27. The Morgan fingerprint density at radius 2 is 1.37 bits per heavy atom. The number of ether oxygens (including phenoxy) is 1. The van der Waals surface area contributed by atoms with Gasteiger partial charge in [0.05, 0.1) is 0 Å². The predicted molar refractivity (Wildman–Crippen MR) is 79.5 cm³/mol. The van der Waals surface area contributed by atoms with Gasteiger partial charge >= 0.3 is 5.97 Å². The van der Waals surface area contributed by atoms with Gasteiger partial charge in [-0.05, 0) is 19.3 Å². The first kappa shape index (κ1) is 18.4. The highest BCUT2D eigenvalue weighted by Gasteiger charge is 1.96. The lowest BCUT2D eigenvalue weighted by Gasteiger charge is -2.00. The van der Waals surface area contributed by atoms with Crippen molar-refractivity contribution in [3.05, 3.63) is 0 Å². The summed E-state index contributed by atoms with van der Waals surface area (Å²) in [6.45, 7) is 4.23. The van der Waals surface area contributed by atoms with Crippen molar-refractivity contribution in [2.45, 2.75) is 84.0 Å². The van der Waals surface area contributed by atoms with Gasteiger partial charge in [0.1, 0.15) is 0 Å². The van der Waals surface area contributed by atoms with Crippen molar-refractivity contribution in [3.8, 4) is 0 Å². The van der Waals surface area contributed by atoms with Crippen LogP contribution in [0.15, 0.2) is 0 Å². The number of unbranched alkanes of at least 4 members (excludes halogenated alkanes) is 8. The van der Waals surface area contributed by atoms with Gasteiger partial charge < -0.3 is 9.84 Å². The molecule has 3 heteroatoms. The van der Waals surface area contributed by atoms with Crippen LogP contribution in [0, 0.1) is 0 Å². The Morgan fingerprint density at radius 1 is 0.895 bits per heavy atom. The summed E-state index contributed by atoms with van der Waals surface area (Å²) in [7, 11) is 0. The smallest absolute Gasteiger partial charge is 0.303 e. The highest BCUT2D eigenvalue weighted by atomic mass is 16.5. The lowest BCUT2D eigenvalue weighted by molar-refractivity contribution is -0.137. The van der Waals surface area contributed by atoms with Crippen LogP contribution < -0.4 is 0 Å². The molecule has 0 aliphatic carbocycles. The zero-order valence-corrected chi connectivity index (χ0v) is 12.7. The molecule has 0 saturated carbocycles. The molecule has 1 saturated heterocycles. The lowest BCUT2D eigenvalue weighted by atomic mass is 10.1. The summed E-state index contributed by atoms with van der Waals surface area (Å²) in [6, 6.07) is 0. The molecule has 1 heterocycles. The van der Waals surface area contributed by atoms with Gasteiger partial charge in [0.25, 0.3) is 0 Å². The van der Waals surface area contributed by atoms with Crippen molar-refractivity contribution in [3.63, 3.8) is 0 Å². The van der Waals surface area contributed by atoms with E-state index in [1.54, 1.807) is 0 Å². The molecule has 1 rings (SSSR count). The first-order valence-electron chi connectivity index (χ1n) is 8.07. The van der Waals surface area contributed by atoms with Crippen LogP contribution in [0.5, 0.6) is 0 Å². The minimum Gasteiger partial charge on any atom is -0.481 e. The number of hydrogen-bond acceptors (Lipinski definition) is 2. The maximum Gasteiger partial charge on any atom is 0.303 e. The molecule has 19 heavy (non-hydrogen) atoms. The van der Waals surface area contributed by atoms with E-state index in [0.717, 1.165) is 26.1 Å². The molecule has 1 N–H and O–H groups in total. The molecule has 0 aromatic carbocycles. The van der Waals surface area contributed by atoms with Gasteiger partial charge in [0.15, 0.2) is 0 Å². The molecule has 1 aliphatic rings. The Bertz CT molecular complexity index is 181. The molecule has 0 unspecified atom stereocenters. The highest BCUT2D eigenvalue weighted by molar-refractivity contribution is 5.66. The zero-order chi connectivity index (χ0) is 14.2. The Morgan fingerprint density at radius 3 is 1.74 bits per heavy atom. The van der Waals surface area contributed by atoms with Crippen molar-refractivity contribution in [1.82, 2.24) is 0 Å². The molecule has 0 aromatic rings. The normalized spacial score (nSPS) is 13.9. The fourth-order valence-electron chi connectivity index (χ4n) is 2.10. The Kier molecular flexibility index (Phi) is 15.0. The first-order valence-corrected chi connectivity index (χ1v) is 8.07. The third-order valence-electron chi connectivity index (χ3n) is 3.32. The average Bonchev–Trinajstić information content (AvgIpc) is 2.95. The summed E-state index contributed by atoms with van der Waals surface area (Å²) in [5, 5.41) is 8.41. The van der Waals surface area contributed by atoms with E-state index in [-0.39, 0.29) is 0 Å². The van der Waals surface area contributed by atoms with Crippen LogP contribution in [0.2, 0.25) is 0 Å². The third-order valence-corrected chi connectivity index (χ3v) is 3.32. The maximum absolute atomic E-state index is 10.2. The number of aliphatic carboxylic acids is 1. The molecule has 114 valence electrons. The molecular weight excluding hydrogens is 240 g/mol. The van der Waals surface area contributed by atoms with E-state index in [0.29, 0.717) is 6.42 Å². The maximum atomic E-state index is 10.2. The van der Waals surface area contributed by atoms with Crippen LogP contribution in [-0.2, 0) is 9.53 Å². The molecule has 1 aliphatic heterocycles. The molecule has 0 spiro atoms. The second-order valence-corrected chi connectivity index (χ2v) is 5.29. The number of carboxylic acids is 1. The van der Waals surface area contributed by atoms with Gasteiger partial charge in [-0.15, -0.1) is 0 Å². The summed E-state index contributed by atoms with van der Waals surface area (Å²) < 4.78 is 4.94. The Balaban J connectivity index is 0.000000532. The molecule has 0 bridgehead atoms. The standard InChI is InChI=1S/C12H24O2.C4H8O/c1-2-3-4-5-6-7-8-9-10-11-12(13)14;1-2-4-5-3-1/h2-11H2,1H3,(H,13,14);1-4H2. The fourth-order valence-corrected chi connectivity index (χ4v) is 2.10. The van der Waals surface area contributed by atoms with E-state index in [2.05, 4.69) is 6.92 Å². The van der Waals surface area contributed by atoms with E-state index in [4.69, 9.17) is 9.84 Å². The van der Waals surface area contributed by atoms with Gasteiger partial charge in [-0.2, -0.15) is 0 Å². The minimum absolute atomic E-state index is 0.343. The van der Waals surface area contributed by atoms with Crippen LogP contribution in [0.25, 0.3) is 0 Å². The highest BCUT2D eigenvalue weighted by Crippen LogP contribution is 2.10. The zero-order valence-electron chi connectivity index (χ0n) is 12.7. The Hall–Kier alpha value is -0.570. The summed E-state index contributed by atoms with van der Waals surface area (Å²) in [5.74, 6) is -0.659. The molecule has 0 radical (unpaired) electrons. The Labute approximate surface area is 118 Å². The number of carboxylic acid groups (broad SMARTS) is 1. The minimum atomic E-state index is -0.659. The van der Waals surface area contributed by atoms with Gasteiger partial charge in [0, 0.05) is 19.6 Å². The van der Waals surface area contributed by atoms with Crippen LogP contribution in [0.1, 0.15) is 84.0 Å². The van der Waals surface area contributed by atoms with Crippen molar-refractivity contribution in [2.75, 3.05) is 13.2 Å². The molecule has 0 aromatic heterocycles. The van der Waals surface area contributed by atoms with Gasteiger partial charge in [0.2, 0.25) is 0 Å². The number of rotatable bonds is 10. The quantitative estimate of drug-likeness (QED) is 0.582. The van der Waals surface area contributed by atoms with Crippen molar-refractivity contribution in [1.29, 1.82) is 0 Å². The number of hydrogen-bond donors (Lipinski definition) is 1. The molecule has 0 amide bonds.